The molecule has 4 atom stereocenters. The average molecular weight is 318 g/mol. The Morgan fingerprint density at radius 3 is 2.88 bits per heavy atom. The molecule has 2 bridgehead atoms. The van der Waals surface area contributed by atoms with Crippen molar-refractivity contribution in [3.8, 4) is 0 Å². The highest BCUT2D eigenvalue weighted by Crippen LogP contribution is 2.54. The second kappa shape index (κ2) is 4.31. The van der Waals surface area contributed by atoms with Crippen molar-refractivity contribution in [3.63, 3.8) is 0 Å². The van der Waals surface area contributed by atoms with E-state index in [9.17, 15) is 5.11 Å². The second-order valence-electron chi connectivity index (χ2n) is 5.01. The molecule has 17 heavy (non-hydrogen) atoms. The molecule has 3 N–H and O–H groups in total. The van der Waals surface area contributed by atoms with Crippen molar-refractivity contribution in [2.45, 2.75) is 37.6 Å². The number of ether oxygens (including phenoxy) is 1. The first-order valence-corrected chi connectivity index (χ1v) is 7.55. The van der Waals surface area contributed by atoms with Crippen LogP contribution >= 0.6 is 27.3 Å². The van der Waals surface area contributed by atoms with E-state index < -0.39 is 6.10 Å². The molecule has 4 unspecified atom stereocenters. The minimum Gasteiger partial charge on any atom is -0.387 e. The molecule has 0 aromatic carbocycles. The quantitative estimate of drug-likeness (QED) is 0.900. The summed E-state index contributed by atoms with van der Waals surface area (Å²) in [6.45, 7) is 0.491. The molecule has 0 aliphatic carbocycles. The summed E-state index contributed by atoms with van der Waals surface area (Å²) in [5.74, 6) is 0. The lowest BCUT2D eigenvalue weighted by atomic mass is 9.69. The molecule has 5 heteroatoms. The van der Waals surface area contributed by atoms with Gasteiger partial charge in [-0.3, -0.25) is 0 Å². The van der Waals surface area contributed by atoms with Gasteiger partial charge in [-0.15, -0.1) is 11.3 Å². The fourth-order valence-electron chi connectivity index (χ4n) is 3.21. The summed E-state index contributed by atoms with van der Waals surface area (Å²) in [4.78, 5) is 0.985. The van der Waals surface area contributed by atoms with Gasteiger partial charge in [0.15, 0.2) is 0 Å². The van der Waals surface area contributed by atoms with E-state index in [2.05, 4.69) is 15.9 Å². The Balaban J connectivity index is 1.91. The van der Waals surface area contributed by atoms with Crippen molar-refractivity contribution in [2.75, 3.05) is 6.54 Å². The van der Waals surface area contributed by atoms with E-state index >= 15 is 0 Å². The van der Waals surface area contributed by atoms with E-state index in [1.807, 2.05) is 12.1 Å². The fourth-order valence-corrected chi connectivity index (χ4v) is 4.74. The Bertz CT molecular complexity index is 424. The highest BCUT2D eigenvalue weighted by molar-refractivity contribution is 9.11. The number of hydrogen-bond donors (Lipinski definition) is 2. The Hall–Kier alpha value is 0.0600. The normalized spacial score (nSPS) is 37.6. The lowest BCUT2D eigenvalue weighted by Gasteiger charge is -2.38. The number of halogens is 1. The second-order valence-corrected chi connectivity index (χ2v) is 7.50. The molecular weight excluding hydrogens is 302 g/mol. The van der Waals surface area contributed by atoms with Crippen LogP contribution < -0.4 is 5.73 Å². The molecule has 0 saturated carbocycles. The molecule has 0 amide bonds. The van der Waals surface area contributed by atoms with Gasteiger partial charge < -0.3 is 15.6 Å². The monoisotopic (exact) mass is 317 g/mol. The van der Waals surface area contributed by atoms with Crippen LogP contribution in [0.3, 0.4) is 0 Å². The first-order chi connectivity index (χ1) is 8.15. The van der Waals surface area contributed by atoms with Gasteiger partial charge in [0.05, 0.1) is 22.1 Å². The predicted octanol–water partition coefficient (Wildman–Crippen LogP) is 2.44. The summed E-state index contributed by atoms with van der Waals surface area (Å²) in [6.07, 6.45) is 2.98. The summed E-state index contributed by atoms with van der Waals surface area (Å²) < 4.78 is 6.93. The van der Waals surface area contributed by atoms with Gasteiger partial charge in [-0.25, -0.2) is 0 Å². The van der Waals surface area contributed by atoms with E-state index in [1.165, 1.54) is 0 Å². The molecule has 3 nitrogen and oxygen atoms in total. The minimum atomic E-state index is -0.501. The Labute approximate surface area is 113 Å². The van der Waals surface area contributed by atoms with Crippen LogP contribution in [0.2, 0.25) is 0 Å². The number of thiophene rings is 1. The first-order valence-electron chi connectivity index (χ1n) is 5.94. The lowest BCUT2D eigenvalue weighted by Crippen LogP contribution is -2.44. The van der Waals surface area contributed by atoms with Crippen LogP contribution in [0.4, 0.5) is 0 Å². The molecule has 1 aromatic rings. The van der Waals surface area contributed by atoms with Gasteiger partial charge in [-0.1, -0.05) is 0 Å². The maximum atomic E-state index is 10.6. The van der Waals surface area contributed by atoms with Crippen molar-refractivity contribution < 1.29 is 9.84 Å². The molecule has 2 saturated heterocycles. The van der Waals surface area contributed by atoms with Gasteiger partial charge in [0.1, 0.15) is 0 Å². The first kappa shape index (κ1) is 12.1. The van der Waals surface area contributed by atoms with Crippen molar-refractivity contribution in [2.24, 2.45) is 11.1 Å². The molecular formula is C12H16BrNO2S. The summed E-state index contributed by atoms with van der Waals surface area (Å²) >= 11 is 5.01. The van der Waals surface area contributed by atoms with Crippen LogP contribution in [0.25, 0.3) is 0 Å². The largest absolute Gasteiger partial charge is 0.387 e. The number of rotatable bonds is 3. The van der Waals surface area contributed by atoms with Crippen molar-refractivity contribution in [3.05, 3.63) is 20.8 Å². The zero-order valence-electron chi connectivity index (χ0n) is 9.43. The highest BCUT2D eigenvalue weighted by atomic mass is 79.9. The molecule has 0 spiro atoms. The molecule has 94 valence electrons. The average Bonchev–Trinajstić information content (AvgIpc) is 3.02. The van der Waals surface area contributed by atoms with Crippen LogP contribution in [0.1, 0.15) is 30.2 Å². The molecule has 2 aliphatic heterocycles. The van der Waals surface area contributed by atoms with Crippen LogP contribution in [0.5, 0.6) is 0 Å². The molecule has 0 radical (unpaired) electrons. The maximum absolute atomic E-state index is 10.6. The van der Waals surface area contributed by atoms with Crippen LogP contribution in [-0.2, 0) is 4.74 Å². The zero-order chi connectivity index (χ0) is 12.0. The van der Waals surface area contributed by atoms with Gasteiger partial charge in [-0.05, 0) is 47.3 Å². The van der Waals surface area contributed by atoms with Crippen LogP contribution in [0, 0.1) is 5.41 Å². The van der Waals surface area contributed by atoms with Gasteiger partial charge in [0, 0.05) is 16.8 Å². The summed E-state index contributed by atoms with van der Waals surface area (Å²) in [7, 11) is 0. The standard InChI is InChI=1S/C12H16BrNO2S/c13-10-4-2-8(17-10)11(15)12(6-14)5-7-1-3-9(12)16-7/h2,4,7,9,11,15H,1,3,5-6,14H2. The molecule has 2 fully saturated rings. The van der Waals surface area contributed by atoms with Gasteiger partial charge in [0.2, 0.25) is 0 Å². The van der Waals surface area contributed by atoms with Gasteiger partial charge >= 0.3 is 0 Å². The molecule has 1 aromatic heterocycles. The zero-order valence-corrected chi connectivity index (χ0v) is 11.8. The number of nitrogens with two attached hydrogens (primary N) is 1. The number of aliphatic hydroxyl groups excluding tert-OH is 1. The Kier molecular flexibility index (Phi) is 3.07. The van der Waals surface area contributed by atoms with Gasteiger partial charge in [0.25, 0.3) is 0 Å². The number of fused-ring (bicyclic) bond motifs is 2. The Morgan fingerprint density at radius 1 is 1.59 bits per heavy atom. The summed E-state index contributed by atoms with van der Waals surface area (Å²) in [6, 6.07) is 3.95. The van der Waals surface area contributed by atoms with Crippen molar-refractivity contribution in [1.29, 1.82) is 0 Å². The van der Waals surface area contributed by atoms with E-state index in [1.54, 1.807) is 11.3 Å². The van der Waals surface area contributed by atoms with Crippen LogP contribution in [-0.4, -0.2) is 23.9 Å². The lowest BCUT2D eigenvalue weighted by molar-refractivity contribution is -0.0245. The van der Waals surface area contributed by atoms with E-state index in [-0.39, 0.29) is 11.5 Å². The Morgan fingerprint density at radius 2 is 2.41 bits per heavy atom. The minimum absolute atomic E-state index is 0.133. The van der Waals surface area contributed by atoms with Crippen molar-refractivity contribution >= 4 is 27.3 Å². The fraction of sp³-hybridized carbons (Fsp3) is 0.667. The third-order valence-corrected chi connectivity index (χ3v) is 5.82. The topological polar surface area (TPSA) is 55.5 Å². The third kappa shape index (κ3) is 1.79. The van der Waals surface area contributed by atoms with Gasteiger partial charge in [-0.2, -0.15) is 0 Å². The van der Waals surface area contributed by atoms with E-state index in [4.69, 9.17) is 10.5 Å². The molecule has 2 aliphatic rings. The summed E-state index contributed by atoms with van der Waals surface area (Å²) in [5.41, 5.74) is 5.68. The predicted molar refractivity (Wildman–Crippen MR) is 71.0 cm³/mol. The number of aliphatic hydroxyl groups is 1. The molecule has 3 rings (SSSR count). The molecule has 3 heterocycles. The maximum Gasteiger partial charge on any atom is 0.0976 e. The summed E-state index contributed by atoms with van der Waals surface area (Å²) in [5, 5.41) is 10.6. The number of hydrogen-bond acceptors (Lipinski definition) is 4. The highest BCUT2D eigenvalue weighted by Gasteiger charge is 2.55. The van der Waals surface area contributed by atoms with Crippen LogP contribution in [0.15, 0.2) is 15.9 Å². The third-order valence-electron chi connectivity index (χ3n) is 4.14. The van der Waals surface area contributed by atoms with E-state index in [0.29, 0.717) is 12.6 Å². The van der Waals surface area contributed by atoms with E-state index in [0.717, 1.165) is 27.9 Å². The smallest absolute Gasteiger partial charge is 0.0976 e. The van der Waals surface area contributed by atoms with Crippen molar-refractivity contribution in [1.82, 2.24) is 0 Å². The SMILES string of the molecule is NCC1(C(O)c2ccc(Br)s2)CC2CCC1O2.